The van der Waals surface area contributed by atoms with Crippen LogP contribution in [-0.2, 0) is 11.8 Å². The molecule has 3 aromatic rings. The lowest BCUT2D eigenvalue weighted by Gasteiger charge is -2.16. The topological polar surface area (TPSA) is 135 Å². The number of benzene rings is 2. The van der Waals surface area contributed by atoms with E-state index in [0.29, 0.717) is 33.5 Å². The van der Waals surface area contributed by atoms with E-state index in [2.05, 4.69) is 20.8 Å². The first-order chi connectivity index (χ1) is 16.3. The van der Waals surface area contributed by atoms with Crippen molar-refractivity contribution in [3.8, 4) is 5.75 Å². The lowest BCUT2D eigenvalue weighted by atomic mass is 10.1. The van der Waals surface area contributed by atoms with Gasteiger partial charge in [-0.2, -0.15) is 0 Å². The molecule has 3 N–H and O–H groups in total. The highest BCUT2D eigenvalue weighted by Gasteiger charge is 2.22. The third-order valence-electron chi connectivity index (χ3n) is 4.91. The minimum Gasteiger partial charge on any atom is -0.497 e. The molecule has 0 spiro atoms. The summed E-state index contributed by atoms with van der Waals surface area (Å²) in [5.41, 5.74) is 1.44. The minimum absolute atomic E-state index is 0.0538. The molecule has 11 heteroatoms. The highest BCUT2D eigenvalue weighted by molar-refractivity contribution is 7.99. The van der Waals surface area contributed by atoms with Crippen molar-refractivity contribution in [1.29, 1.82) is 0 Å². The van der Waals surface area contributed by atoms with Gasteiger partial charge in [-0.1, -0.05) is 23.9 Å². The highest BCUT2D eigenvalue weighted by atomic mass is 32.2. The molecule has 0 saturated carbocycles. The smallest absolute Gasteiger partial charge is 0.251 e. The number of hydrogen-bond acceptors (Lipinski definition) is 8. The molecule has 0 saturated heterocycles. The van der Waals surface area contributed by atoms with E-state index in [1.807, 2.05) is 0 Å². The molecule has 34 heavy (non-hydrogen) atoms. The lowest BCUT2D eigenvalue weighted by molar-refractivity contribution is -0.113. The number of thioether (sulfide) groups is 1. The van der Waals surface area contributed by atoms with E-state index in [1.54, 1.807) is 60.1 Å². The van der Waals surface area contributed by atoms with Gasteiger partial charge in [0.05, 0.1) is 19.5 Å². The van der Waals surface area contributed by atoms with Gasteiger partial charge in [-0.15, -0.1) is 10.2 Å². The number of methoxy groups -OCH3 is 1. The number of hydrogen-bond donors (Lipinski definition) is 3. The first-order valence-corrected chi connectivity index (χ1v) is 11.3. The summed E-state index contributed by atoms with van der Waals surface area (Å²) in [6.07, 6.45) is 0. The Kier molecular flexibility index (Phi) is 8.39. The standard InChI is InChI=1S/C23H25N5O5S/c1-14(30)16-5-4-6-17(11-16)24-20(31)13-34-23-27-26-21(28(23)2)19(12-29)25-22(32)15-7-9-18(33-3)10-8-15/h4-11,19,29H,12-13H2,1-3H3,(H,24,31)(H,25,32)/t19-/m1/s1. The zero-order valence-corrected chi connectivity index (χ0v) is 19.8. The maximum atomic E-state index is 12.6. The number of nitrogens with zero attached hydrogens (tertiary/aromatic N) is 3. The molecule has 1 atom stereocenters. The summed E-state index contributed by atoms with van der Waals surface area (Å²) in [6.45, 7) is 1.08. The number of ether oxygens (including phenoxy) is 1. The first-order valence-electron chi connectivity index (χ1n) is 10.3. The summed E-state index contributed by atoms with van der Waals surface area (Å²) in [5.74, 6) is 0.280. The molecular formula is C23H25N5O5S. The lowest BCUT2D eigenvalue weighted by Crippen LogP contribution is -2.32. The Morgan fingerprint density at radius 3 is 2.50 bits per heavy atom. The Morgan fingerprint density at radius 1 is 1.12 bits per heavy atom. The molecule has 0 aliphatic carbocycles. The Labute approximate surface area is 200 Å². The van der Waals surface area contributed by atoms with Gasteiger partial charge in [-0.25, -0.2) is 0 Å². The SMILES string of the molecule is COc1ccc(C(=O)N[C@H](CO)c2nnc(SCC(=O)Nc3cccc(C(C)=O)c3)n2C)cc1. The fraction of sp³-hybridized carbons (Fsp3) is 0.261. The van der Waals surface area contributed by atoms with Crippen LogP contribution in [0.15, 0.2) is 53.7 Å². The zero-order valence-electron chi connectivity index (χ0n) is 18.9. The zero-order chi connectivity index (χ0) is 24.7. The maximum Gasteiger partial charge on any atom is 0.251 e. The predicted molar refractivity (Wildman–Crippen MR) is 127 cm³/mol. The van der Waals surface area contributed by atoms with Gasteiger partial charge in [-0.3, -0.25) is 14.4 Å². The molecule has 0 aliphatic rings. The molecule has 0 radical (unpaired) electrons. The molecule has 178 valence electrons. The Hall–Kier alpha value is -3.70. The van der Waals surface area contributed by atoms with Crippen molar-refractivity contribution in [2.75, 3.05) is 24.8 Å². The van der Waals surface area contributed by atoms with Gasteiger partial charge in [0.25, 0.3) is 5.91 Å². The molecule has 0 unspecified atom stereocenters. The van der Waals surface area contributed by atoms with Gasteiger partial charge in [0, 0.05) is 23.9 Å². The number of aliphatic hydroxyl groups excluding tert-OH is 1. The van der Waals surface area contributed by atoms with Crippen LogP contribution < -0.4 is 15.4 Å². The predicted octanol–water partition coefficient (Wildman–Crippen LogP) is 2.22. The van der Waals surface area contributed by atoms with E-state index >= 15 is 0 Å². The van der Waals surface area contributed by atoms with Crippen LogP contribution in [0.5, 0.6) is 5.75 Å². The molecule has 0 fully saturated rings. The van der Waals surface area contributed by atoms with Gasteiger partial charge in [-0.05, 0) is 43.3 Å². The van der Waals surface area contributed by atoms with Crippen LogP contribution in [-0.4, -0.2) is 56.9 Å². The van der Waals surface area contributed by atoms with E-state index in [-0.39, 0.29) is 30.0 Å². The van der Waals surface area contributed by atoms with E-state index in [0.717, 1.165) is 11.8 Å². The van der Waals surface area contributed by atoms with Gasteiger partial charge in [0.2, 0.25) is 5.91 Å². The van der Waals surface area contributed by atoms with Crippen molar-refractivity contribution in [2.24, 2.45) is 7.05 Å². The maximum absolute atomic E-state index is 12.6. The monoisotopic (exact) mass is 483 g/mol. The van der Waals surface area contributed by atoms with Crippen LogP contribution >= 0.6 is 11.8 Å². The van der Waals surface area contributed by atoms with Crippen molar-refractivity contribution in [1.82, 2.24) is 20.1 Å². The summed E-state index contributed by atoms with van der Waals surface area (Å²) < 4.78 is 6.70. The fourth-order valence-corrected chi connectivity index (χ4v) is 3.79. The van der Waals surface area contributed by atoms with Crippen molar-refractivity contribution < 1.29 is 24.2 Å². The number of anilines is 1. The van der Waals surface area contributed by atoms with Crippen LogP contribution in [0.2, 0.25) is 0 Å². The molecule has 2 aromatic carbocycles. The van der Waals surface area contributed by atoms with Crippen molar-refractivity contribution in [3.05, 3.63) is 65.5 Å². The minimum atomic E-state index is -0.787. The summed E-state index contributed by atoms with van der Waals surface area (Å²) in [7, 11) is 3.23. The second-order valence-corrected chi connectivity index (χ2v) is 8.25. The van der Waals surface area contributed by atoms with E-state index < -0.39 is 6.04 Å². The molecule has 0 aliphatic heterocycles. The van der Waals surface area contributed by atoms with Crippen LogP contribution in [0.4, 0.5) is 5.69 Å². The number of carbonyl (C=O) groups is 3. The number of nitrogens with one attached hydrogen (secondary N) is 2. The van der Waals surface area contributed by atoms with Gasteiger partial charge in [0.1, 0.15) is 11.8 Å². The summed E-state index contributed by atoms with van der Waals surface area (Å²) in [5, 5.41) is 23.9. The van der Waals surface area contributed by atoms with Crippen LogP contribution in [0.25, 0.3) is 0 Å². The van der Waals surface area contributed by atoms with Crippen molar-refractivity contribution in [2.45, 2.75) is 18.1 Å². The van der Waals surface area contributed by atoms with Gasteiger partial charge in [0.15, 0.2) is 16.8 Å². The van der Waals surface area contributed by atoms with Crippen molar-refractivity contribution in [3.63, 3.8) is 0 Å². The van der Waals surface area contributed by atoms with Crippen LogP contribution in [0.1, 0.15) is 39.5 Å². The number of aromatic nitrogens is 3. The number of amides is 2. The third-order valence-corrected chi connectivity index (χ3v) is 5.93. The molecule has 10 nitrogen and oxygen atoms in total. The fourth-order valence-electron chi connectivity index (χ4n) is 3.07. The second kappa shape index (κ2) is 11.4. The third kappa shape index (κ3) is 6.21. The number of ketones is 1. The summed E-state index contributed by atoms with van der Waals surface area (Å²) >= 11 is 1.16. The van der Waals surface area contributed by atoms with Crippen molar-refractivity contribution >= 4 is 35.0 Å². The summed E-state index contributed by atoms with van der Waals surface area (Å²) in [4.78, 5) is 36.4. The molecule has 1 aromatic heterocycles. The Morgan fingerprint density at radius 2 is 1.85 bits per heavy atom. The van der Waals surface area contributed by atoms with E-state index in [4.69, 9.17) is 4.74 Å². The van der Waals surface area contributed by atoms with Gasteiger partial charge < -0.3 is 25.0 Å². The number of rotatable bonds is 10. The Balaban J connectivity index is 1.61. The highest BCUT2D eigenvalue weighted by Crippen LogP contribution is 2.20. The molecule has 0 bridgehead atoms. The Bertz CT molecular complexity index is 1180. The molecule has 3 rings (SSSR count). The largest absolute Gasteiger partial charge is 0.497 e. The first kappa shape index (κ1) is 24.9. The molecule has 2 amide bonds. The number of aliphatic hydroxyl groups is 1. The number of Topliss-reactive ketones (excluding diaryl/α,β-unsaturated/α-hetero) is 1. The average Bonchev–Trinajstić information content (AvgIpc) is 3.21. The molecular weight excluding hydrogens is 458 g/mol. The van der Waals surface area contributed by atoms with Crippen LogP contribution in [0.3, 0.4) is 0 Å². The van der Waals surface area contributed by atoms with E-state index in [9.17, 15) is 19.5 Å². The van der Waals surface area contributed by atoms with Crippen LogP contribution in [0, 0.1) is 0 Å². The van der Waals surface area contributed by atoms with Gasteiger partial charge >= 0.3 is 0 Å². The molecule has 1 heterocycles. The second-order valence-electron chi connectivity index (χ2n) is 7.31. The summed E-state index contributed by atoms with van der Waals surface area (Å²) in [6, 6.07) is 12.5. The average molecular weight is 484 g/mol. The normalized spacial score (nSPS) is 11.5. The van der Waals surface area contributed by atoms with E-state index in [1.165, 1.54) is 14.0 Å². The quantitative estimate of drug-likeness (QED) is 0.295. The number of carbonyl (C=O) groups excluding carboxylic acids is 3.